The standard InChI is InChI=1S/C23H27N3O5/c1-16(31-23(29)17-5-11-20(12-6-17)30-15-21(24)27)22(28)25-18-7-9-19(10-8-18)26-13-3-2-4-14-26/h5-12,16H,2-4,13-15H2,1H3,(H2,24,27)(H,25,28)/t16-/m0/s1. The Morgan fingerprint density at radius 1 is 1.00 bits per heavy atom. The van der Waals surface area contributed by atoms with Crippen molar-refractivity contribution in [3.8, 4) is 5.75 Å². The molecule has 0 aromatic heterocycles. The molecule has 1 heterocycles. The number of benzene rings is 2. The Labute approximate surface area is 181 Å². The molecule has 0 spiro atoms. The number of nitrogens with zero attached hydrogens (tertiary/aromatic N) is 1. The van der Waals surface area contributed by atoms with Crippen molar-refractivity contribution in [2.24, 2.45) is 5.73 Å². The molecule has 0 bridgehead atoms. The molecular formula is C23H27N3O5. The first kappa shape index (κ1) is 22.1. The summed E-state index contributed by atoms with van der Waals surface area (Å²) in [5, 5.41) is 2.77. The van der Waals surface area contributed by atoms with E-state index in [1.807, 2.05) is 24.3 Å². The van der Waals surface area contributed by atoms with Gasteiger partial charge in [0.05, 0.1) is 5.56 Å². The largest absolute Gasteiger partial charge is 0.484 e. The number of rotatable bonds is 8. The van der Waals surface area contributed by atoms with E-state index in [-0.39, 0.29) is 12.2 Å². The summed E-state index contributed by atoms with van der Waals surface area (Å²) < 4.78 is 10.4. The molecule has 2 aromatic carbocycles. The number of ether oxygens (including phenoxy) is 2. The zero-order valence-electron chi connectivity index (χ0n) is 17.5. The van der Waals surface area contributed by atoms with Crippen molar-refractivity contribution in [3.05, 3.63) is 54.1 Å². The monoisotopic (exact) mass is 425 g/mol. The van der Waals surface area contributed by atoms with Crippen LogP contribution in [0.2, 0.25) is 0 Å². The number of hydrogen-bond donors (Lipinski definition) is 2. The van der Waals surface area contributed by atoms with Crippen LogP contribution in [0.1, 0.15) is 36.5 Å². The summed E-state index contributed by atoms with van der Waals surface area (Å²) >= 11 is 0. The molecule has 8 heteroatoms. The molecule has 1 fully saturated rings. The van der Waals surface area contributed by atoms with Gasteiger partial charge in [-0.25, -0.2) is 4.79 Å². The number of amides is 2. The molecule has 1 atom stereocenters. The second-order valence-corrected chi connectivity index (χ2v) is 7.41. The Morgan fingerprint density at radius 3 is 2.26 bits per heavy atom. The molecule has 2 amide bonds. The van der Waals surface area contributed by atoms with Crippen LogP contribution in [-0.4, -0.2) is 43.6 Å². The van der Waals surface area contributed by atoms with Crippen LogP contribution in [0.25, 0.3) is 0 Å². The molecule has 1 aliphatic heterocycles. The Balaban J connectivity index is 1.50. The van der Waals surface area contributed by atoms with Crippen molar-refractivity contribution in [3.63, 3.8) is 0 Å². The van der Waals surface area contributed by atoms with E-state index in [1.165, 1.54) is 50.5 Å². The molecule has 0 aliphatic carbocycles. The topological polar surface area (TPSA) is 111 Å². The number of anilines is 2. The van der Waals surface area contributed by atoms with Crippen molar-refractivity contribution >= 4 is 29.2 Å². The maximum Gasteiger partial charge on any atom is 0.338 e. The van der Waals surface area contributed by atoms with Gasteiger partial charge in [0.2, 0.25) is 0 Å². The highest BCUT2D eigenvalue weighted by Crippen LogP contribution is 2.22. The van der Waals surface area contributed by atoms with Crippen LogP contribution in [0.3, 0.4) is 0 Å². The second-order valence-electron chi connectivity index (χ2n) is 7.41. The fourth-order valence-corrected chi connectivity index (χ4v) is 3.28. The first-order valence-electron chi connectivity index (χ1n) is 10.3. The van der Waals surface area contributed by atoms with Crippen molar-refractivity contribution in [2.75, 3.05) is 29.9 Å². The third kappa shape index (κ3) is 6.47. The third-order valence-electron chi connectivity index (χ3n) is 4.98. The van der Waals surface area contributed by atoms with Crippen LogP contribution in [0.5, 0.6) is 5.75 Å². The lowest BCUT2D eigenvalue weighted by Gasteiger charge is -2.28. The molecule has 0 unspecified atom stereocenters. The Morgan fingerprint density at radius 2 is 1.65 bits per heavy atom. The van der Waals surface area contributed by atoms with Crippen LogP contribution in [0.4, 0.5) is 11.4 Å². The highest BCUT2D eigenvalue weighted by molar-refractivity contribution is 5.97. The lowest BCUT2D eigenvalue weighted by Crippen LogP contribution is -2.30. The van der Waals surface area contributed by atoms with Crippen molar-refractivity contribution in [1.29, 1.82) is 0 Å². The van der Waals surface area contributed by atoms with E-state index < -0.39 is 23.9 Å². The fraction of sp³-hybridized carbons (Fsp3) is 0.348. The first-order chi connectivity index (χ1) is 14.9. The van der Waals surface area contributed by atoms with Gasteiger partial charge in [-0.1, -0.05) is 0 Å². The molecule has 3 rings (SSSR count). The SMILES string of the molecule is C[C@H](OC(=O)c1ccc(OCC(N)=O)cc1)C(=O)Nc1ccc(N2CCCCC2)cc1. The summed E-state index contributed by atoms with van der Waals surface area (Å²) in [6.07, 6.45) is 2.70. The van der Waals surface area contributed by atoms with E-state index >= 15 is 0 Å². The minimum Gasteiger partial charge on any atom is -0.484 e. The average molecular weight is 425 g/mol. The zero-order chi connectivity index (χ0) is 22.2. The molecular weight excluding hydrogens is 398 g/mol. The summed E-state index contributed by atoms with van der Waals surface area (Å²) in [7, 11) is 0. The number of nitrogens with two attached hydrogens (primary N) is 1. The normalized spacial score (nSPS) is 14.4. The maximum atomic E-state index is 12.4. The predicted octanol–water partition coefficient (Wildman–Crippen LogP) is 2.73. The second kappa shape index (κ2) is 10.5. The average Bonchev–Trinajstić information content (AvgIpc) is 2.79. The molecule has 31 heavy (non-hydrogen) atoms. The number of esters is 1. The van der Waals surface area contributed by atoms with E-state index in [4.69, 9.17) is 15.2 Å². The van der Waals surface area contributed by atoms with Crippen LogP contribution in [-0.2, 0) is 14.3 Å². The number of piperidine rings is 1. The first-order valence-corrected chi connectivity index (χ1v) is 10.3. The number of hydrogen-bond acceptors (Lipinski definition) is 6. The Kier molecular flexibility index (Phi) is 7.48. The Bertz CT molecular complexity index is 906. The van der Waals surface area contributed by atoms with Crippen molar-refractivity contribution in [2.45, 2.75) is 32.3 Å². The van der Waals surface area contributed by atoms with Gasteiger partial charge >= 0.3 is 5.97 Å². The quantitative estimate of drug-likeness (QED) is 0.629. The molecule has 3 N–H and O–H groups in total. The van der Waals surface area contributed by atoms with Gasteiger partial charge in [0.15, 0.2) is 12.7 Å². The highest BCUT2D eigenvalue weighted by Gasteiger charge is 2.19. The molecule has 8 nitrogen and oxygen atoms in total. The lowest BCUT2D eigenvalue weighted by molar-refractivity contribution is -0.123. The van der Waals surface area contributed by atoms with Crippen molar-refractivity contribution < 1.29 is 23.9 Å². The molecule has 1 saturated heterocycles. The maximum absolute atomic E-state index is 12.4. The van der Waals surface area contributed by atoms with Gasteiger partial charge in [-0.15, -0.1) is 0 Å². The number of carbonyl (C=O) groups excluding carboxylic acids is 3. The van der Waals surface area contributed by atoms with Gasteiger partial charge in [-0.05, 0) is 74.7 Å². The smallest absolute Gasteiger partial charge is 0.338 e. The van der Waals surface area contributed by atoms with Gasteiger partial charge in [0, 0.05) is 24.5 Å². The van der Waals surface area contributed by atoms with Gasteiger partial charge in [0.25, 0.3) is 11.8 Å². The van der Waals surface area contributed by atoms with Gasteiger partial charge < -0.3 is 25.4 Å². The number of primary amides is 1. The van der Waals surface area contributed by atoms with E-state index in [0.29, 0.717) is 11.4 Å². The molecule has 1 aliphatic rings. The highest BCUT2D eigenvalue weighted by atomic mass is 16.5. The van der Waals surface area contributed by atoms with E-state index in [2.05, 4.69) is 10.2 Å². The molecule has 2 aromatic rings. The lowest BCUT2D eigenvalue weighted by atomic mass is 10.1. The van der Waals surface area contributed by atoms with Gasteiger partial charge in [-0.2, -0.15) is 0 Å². The van der Waals surface area contributed by atoms with Gasteiger partial charge in [0.1, 0.15) is 5.75 Å². The minimum atomic E-state index is -0.972. The van der Waals surface area contributed by atoms with E-state index in [9.17, 15) is 14.4 Å². The summed E-state index contributed by atoms with van der Waals surface area (Å²) in [5.74, 6) is -1.25. The van der Waals surface area contributed by atoms with E-state index in [0.717, 1.165) is 18.8 Å². The van der Waals surface area contributed by atoms with Crippen LogP contribution < -0.4 is 20.7 Å². The molecule has 0 saturated carbocycles. The summed E-state index contributed by atoms with van der Waals surface area (Å²) in [6.45, 7) is 3.37. The summed E-state index contributed by atoms with van der Waals surface area (Å²) in [4.78, 5) is 37.8. The number of carbonyl (C=O) groups is 3. The summed E-state index contributed by atoms with van der Waals surface area (Å²) in [5.41, 5.74) is 7.06. The zero-order valence-corrected chi connectivity index (χ0v) is 17.5. The van der Waals surface area contributed by atoms with Crippen LogP contribution >= 0.6 is 0 Å². The van der Waals surface area contributed by atoms with Gasteiger partial charge in [-0.3, -0.25) is 9.59 Å². The predicted molar refractivity (Wildman–Crippen MR) is 117 cm³/mol. The fourth-order valence-electron chi connectivity index (χ4n) is 3.28. The Hall–Kier alpha value is -3.55. The van der Waals surface area contributed by atoms with Crippen LogP contribution in [0, 0.1) is 0 Å². The van der Waals surface area contributed by atoms with Crippen LogP contribution in [0.15, 0.2) is 48.5 Å². The summed E-state index contributed by atoms with van der Waals surface area (Å²) in [6, 6.07) is 13.7. The van der Waals surface area contributed by atoms with Crippen molar-refractivity contribution in [1.82, 2.24) is 0 Å². The third-order valence-corrected chi connectivity index (χ3v) is 4.98. The minimum absolute atomic E-state index is 0.250. The molecule has 164 valence electrons. The van der Waals surface area contributed by atoms with E-state index in [1.54, 1.807) is 0 Å². The molecule has 0 radical (unpaired) electrons. The number of nitrogens with one attached hydrogen (secondary N) is 1.